The molecular formula is C14H14ClNS2. The summed E-state index contributed by atoms with van der Waals surface area (Å²) >= 11 is 9.62. The number of hydrogen-bond donors (Lipinski definition) is 1. The molecule has 0 bridgehead atoms. The first kappa shape index (κ1) is 13.7. The molecule has 18 heavy (non-hydrogen) atoms. The molecule has 0 amide bonds. The van der Waals surface area contributed by atoms with Crippen molar-refractivity contribution in [2.24, 2.45) is 0 Å². The Morgan fingerprint density at radius 3 is 2.44 bits per heavy atom. The van der Waals surface area contributed by atoms with E-state index in [4.69, 9.17) is 17.3 Å². The summed E-state index contributed by atoms with van der Waals surface area (Å²) in [6.45, 7) is 0. The van der Waals surface area contributed by atoms with Gasteiger partial charge >= 0.3 is 0 Å². The molecule has 94 valence electrons. The predicted octanol–water partition coefficient (Wildman–Crippen LogP) is 4.94. The van der Waals surface area contributed by atoms with E-state index in [1.54, 1.807) is 29.6 Å². The van der Waals surface area contributed by atoms with Gasteiger partial charge in [0.1, 0.15) is 0 Å². The SMILES string of the molecule is CSc1ccc(CSc2ccc(N)cc2Cl)cc1. The second-order valence-electron chi connectivity index (χ2n) is 3.83. The molecule has 0 spiro atoms. The number of nitrogen functional groups attached to an aromatic ring is 1. The largest absolute Gasteiger partial charge is 0.399 e. The van der Waals surface area contributed by atoms with Gasteiger partial charge in [-0.2, -0.15) is 0 Å². The molecule has 0 atom stereocenters. The van der Waals surface area contributed by atoms with Crippen LogP contribution in [0.1, 0.15) is 5.56 Å². The zero-order chi connectivity index (χ0) is 13.0. The van der Waals surface area contributed by atoms with Gasteiger partial charge in [0.25, 0.3) is 0 Å². The maximum Gasteiger partial charge on any atom is 0.0562 e. The van der Waals surface area contributed by atoms with Crippen molar-refractivity contribution in [2.45, 2.75) is 15.5 Å². The second-order valence-corrected chi connectivity index (χ2v) is 6.13. The van der Waals surface area contributed by atoms with Crippen molar-refractivity contribution in [2.75, 3.05) is 12.0 Å². The summed E-state index contributed by atoms with van der Waals surface area (Å²) in [4.78, 5) is 2.36. The van der Waals surface area contributed by atoms with E-state index in [1.165, 1.54) is 10.5 Å². The smallest absolute Gasteiger partial charge is 0.0562 e. The third kappa shape index (κ3) is 3.61. The van der Waals surface area contributed by atoms with Crippen molar-refractivity contribution in [3.05, 3.63) is 53.1 Å². The summed E-state index contributed by atoms with van der Waals surface area (Å²) in [6.07, 6.45) is 2.08. The Morgan fingerprint density at radius 2 is 1.83 bits per heavy atom. The molecule has 0 aliphatic heterocycles. The third-order valence-electron chi connectivity index (χ3n) is 2.51. The van der Waals surface area contributed by atoms with Gasteiger partial charge in [0.05, 0.1) is 5.02 Å². The van der Waals surface area contributed by atoms with Crippen molar-refractivity contribution >= 4 is 40.8 Å². The van der Waals surface area contributed by atoms with E-state index in [1.807, 2.05) is 12.1 Å². The van der Waals surface area contributed by atoms with Gasteiger partial charge in [-0.25, -0.2) is 0 Å². The molecule has 0 radical (unpaired) electrons. The van der Waals surface area contributed by atoms with Crippen LogP contribution in [0, 0.1) is 0 Å². The molecule has 0 aromatic heterocycles. The van der Waals surface area contributed by atoms with Crippen LogP contribution in [0.4, 0.5) is 5.69 Å². The second kappa shape index (κ2) is 6.41. The molecule has 0 fully saturated rings. The van der Waals surface area contributed by atoms with E-state index >= 15 is 0 Å². The Labute approximate surface area is 121 Å². The van der Waals surface area contributed by atoms with Gasteiger partial charge in [0, 0.05) is 21.2 Å². The van der Waals surface area contributed by atoms with Crippen LogP contribution >= 0.6 is 35.1 Å². The average Bonchev–Trinajstić information content (AvgIpc) is 2.38. The summed E-state index contributed by atoms with van der Waals surface area (Å²) in [7, 11) is 0. The maximum absolute atomic E-state index is 6.14. The first-order valence-corrected chi connectivity index (χ1v) is 8.08. The van der Waals surface area contributed by atoms with Gasteiger partial charge in [-0.05, 0) is 42.2 Å². The maximum atomic E-state index is 6.14. The summed E-state index contributed by atoms with van der Waals surface area (Å²) < 4.78 is 0. The van der Waals surface area contributed by atoms with Crippen LogP contribution in [0.15, 0.2) is 52.3 Å². The van der Waals surface area contributed by atoms with Crippen molar-refractivity contribution in [1.29, 1.82) is 0 Å². The fourth-order valence-corrected chi connectivity index (χ4v) is 3.15. The first-order valence-electron chi connectivity index (χ1n) is 5.50. The number of hydrogen-bond acceptors (Lipinski definition) is 3. The molecule has 0 aliphatic carbocycles. The molecule has 0 unspecified atom stereocenters. The van der Waals surface area contributed by atoms with Gasteiger partial charge < -0.3 is 5.73 Å². The van der Waals surface area contributed by atoms with E-state index in [0.29, 0.717) is 5.69 Å². The van der Waals surface area contributed by atoms with Crippen LogP contribution in [0.3, 0.4) is 0 Å². The zero-order valence-corrected chi connectivity index (χ0v) is 12.4. The third-order valence-corrected chi connectivity index (χ3v) is 4.82. The fraction of sp³-hybridized carbons (Fsp3) is 0.143. The monoisotopic (exact) mass is 295 g/mol. The molecule has 1 nitrogen and oxygen atoms in total. The molecule has 2 aromatic carbocycles. The topological polar surface area (TPSA) is 26.0 Å². The van der Waals surface area contributed by atoms with E-state index in [0.717, 1.165) is 15.7 Å². The number of benzene rings is 2. The van der Waals surface area contributed by atoms with Crippen molar-refractivity contribution in [3.63, 3.8) is 0 Å². The van der Waals surface area contributed by atoms with Gasteiger partial charge in [-0.3, -0.25) is 0 Å². The van der Waals surface area contributed by atoms with E-state index in [9.17, 15) is 0 Å². The lowest BCUT2D eigenvalue weighted by Gasteiger charge is -2.06. The molecule has 0 aliphatic rings. The zero-order valence-electron chi connectivity index (χ0n) is 10.0. The predicted molar refractivity (Wildman–Crippen MR) is 83.6 cm³/mol. The van der Waals surface area contributed by atoms with Crippen molar-refractivity contribution in [3.8, 4) is 0 Å². The van der Waals surface area contributed by atoms with Crippen LogP contribution in [-0.4, -0.2) is 6.26 Å². The summed E-state index contributed by atoms with van der Waals surface area (Å²) in [5.74, 6) is 0.915. The van der Waals surface area contributed by atoms with Crippen LogP contribution in [-0.2, 0) is 5.75 Å². The van der Waals surface area contributed by atoms with E-state index in [-0.39, 0.29) is 0 Å². The number of anilines is 1. The van der Waals surface area contributed by atoms with Crippen molar-refractivity contribution < 1.29 is 0 Å². The minimum Gasteiger partial charge on any atom is -0.399 e. The highest BCUT2D eigenvalue weighted by Crippen LogP contribution is 2.31. The van der Waals surface area contributed by atoms with Crippen molar-refractivity contribution in [1.82, 2.24) is 0 Å². The van der Waals surface area contributed by atoms with Crippen LogP contribution in [0.5, 0.6) is 0 Å². The van der Waals surface area contributed by atoms with Gasteiger partial charge in [0.15, 0.2) is 0 Å². The number of halogens is 1. The van der Waals surface area contributed by atoms with Gasteiger partial charge in [-0.1, -0.05) is 23.7 Å². The number of nitrogens with two attached hydrogens (primary N) is 1. The molecular weight excluding hydrogens is 282 g/mol. The minimum atomic E-state index is 0.702. The Kier molecular flexibility index (Phi) is 4.87. The van der Waals surface area contributed by atoms with Crippen LogP contribution < -0.4 is 5.73 Å². The molecule has 0 saturated heterocycles. The van der Waals surface area contributed by atoms with E-state index < -0.39 is 0 Å². The molecule has 2 aromatic rings. The fourth-order valence-electron chi connectivity index (χ4n) is 1.52. The Morgan fingerprint density at radius 1 is 1.11 bits per heavy atom. The number of rotatable bonds is 4. The molecule has 2 rings (SSSR count). The Bertz CT molecular complexity index is 526. The highest BCUT2D eigenvalue weighted by atomic mass is 35.5. The molecule has 0 saturated carbocycles. The van der Waals surface area contributed by atoms with Crippen LogP contribution in [0.2, 0.25) is 5.02 Å². The first-order chi connectivity index (χ1) is 8.69. The number of thioether (sulfide) groups is 2. The standard InChI is InChI=1S/C14H14ClNS2/c1-17-12-5-2-10(3-6-12)9-18-14-7-4-11(16)8-13(14)15/h2-8H,9,16H2,1H3. The molecule has 2 N–H and O–H groups in total. The lowest BCUT2D eigenvalue weighted by Crippen LogP contribution is -1.85. The Balaban J connectivity index is 2.02. The lowest BCUT2D eigenvalue weighted by molar-refractivity contribution is 1.34. The summed E-state index contributed by atoms with van der Waals surface area (Å²) in [5.41, 5.74) is 7.67. The summed E-state index contributed by atoms with van der Waals surface area (Å²) in [5, 5.41) is 0.723. The molecule has 0 heterocycles. The van der Waals surface area contributed by atoms with E-state index in [2.05, 4.69) is 30.5 Å². The highest BCUT2D eigenvalue weighted by Gasteiger charge is 2.02. The van der Waals surface area contributed by atoms with Gasteiger partial charge in [-0.15, -0.1) is 23.5 Å². The highest BCUT2D eigenvalue weighted by molar-refractivity contribution is 7.98. The quantitative estimate of drug-likeness (QED) is 0.639. The normalized spacial score (nSPS) is 10.6. The minimum absolute atomic E-state index is 0.702. The lowest BCUT2D eigenvalue weighted by atomic mass is 10.2. The summed E-state index contributed by atoms with van der Waals surface area (Å²) in [6, 6.07) is 14.2. The van der Waals surface area contributed by atoms with Crippen LogP contribution in [0.25, 0.3) is 0 Å². The van der Waals surface area contributed by atoms with Gasteiger partial charge in [0.2, 0.25) is 0 Å². The Hall–Kier alpha value is -0.770. The average molecular weight is 296 g/mol. The molecule has 4 heteroatoms.